The molecule has 2 bridgehead atoms. The van der Waals surface area contributed by atoms with Gasteiger partial charge in [-0.1, -0.05) is 18.4 Å². The number of pyridine rings is 1. The van der Waals surface area contributed by atoms with Gasteiger partial charge in [0.15, 0.2) is 5.82 Å². The zero-order valence-corrected chi connectivity index (χ0v) is 33.6. The van der Waals surface area contributed by atoms with Crippen LogP contribution in [-0.4, -0.2) is 131 Å². The van der Waals surface area contributed by atoms with Gasteiger partial charge in [-0.05, 0) is 94.6 Å². The van der Waals surface area contributed by atoms with Crippen LogP contribution in [0, 0.1) is 24.0 Å². The number of fused-ring (bicyclic) bond motifs is 7. The zero-order chi connectivity index (χ0) is 40.7. The van der Waals surface area contributed by atoms with Gasteiger partial charge in [-0.25, -0.2) is 22.9 Å². The fourth-order valence-corrected chi connectivity index (χ4v) is 11.5. The monoisotopic (exact) mass is 822 g/mol. The van der Waals surface area contributed by atoms with E-state index in [1.807, 2.05) is 0 Å². The van der Waals surface area contributed by atoms with Gasteiger partial charge in [0.1, 0.15) is 53.4 Å². The van der Waals surface area contributed by atoms with E-state index in [1.54, 1.807) is 11.0 Å². The summed E-state index contributed by atoms with van der Waals surface area (Å²) < 4.78 is 66.9. The molecule has 1 N–H and O–H groups in total. The Balaban J connectivity index is 0.999. The van der Waals surface area contributed by atoms with E-state index in [2.05, 4.69) is 25.9 Å². The van der Waals surface area contributed by atoms with E-state index in [0.717, 1.165) is 58.2 Å². The molecule has 7 aliphatic heterocycles. The molecule has 7 aliphatic rings. The fourth-order valence-electron chi connectivity index (χ4n) is 11.5. The molecule has 2 aromatic carbocycles. The molecule has 60 heavy (non-hydrogen) atoms. The number of nitrogens with zero attached hydrogens (tertiary/aromatic N) is 7. The number of benzene rings is 2. The minimum Gasteiger partial charge on any atom is -0.475 e. The number of nitrogens with one attached hydrogen (secondary N) is 1. The van der Waals surface area contributed by atoms with Gasteiger partial charge in [0.05, 0.1) is 17.1 Å². The number of rotatable bonds is 6. The lowest BCUT2D eigenvalue weighted by molar-refractivity contribution is 0.0878. The number of halogens is 3. The number of carbonyl (C=O) groups excluding carboxylic acids is 1. The van der Waals surface area contributed by atoms with Crippen molar-refractivity contribution in [3.8, 4) is 41.2 Å². The molecule has 0 spiro atoms. The van der Waals surface area contributed by atoms with E-state index < -0.39 is 29.4 Å². The van der Waals surface area contributed by atoms with Crippen LogP contribution in [0.4, 0.5) is 23.8 Å². The molecule has 0 aliphatic carbocycles. The standard InChI is InChI=1S/C45H49F3N8O4/c1-2-31-33(47)9-7-26-19-30(60-44(57)54-17-11-29(12-18-54)53-14-4-3-5-15-53)20-32(36(26)31)39-38(48)40-37-41(56-23-28-8-10-34(49-28)35(56)24-58-42(37)50-39)52-43(51-40)59-25-45-13-6-16-55(45)22-27(46)21-45/h1,7,9,19-20,27-29,34-35,49H,3-6,8,10-18,21-25H2/t27-,28-,34+,35-,45+/m1/s1. The van der Waals surface area contributed by atoms with Crippen molar-refractivity contribution >= 4 is 33.6 Å². The minimum atomic E-state index is -0.946. The Bertz CT molecular complexity index is 2420. The van der Waals surface area contributed by atoms with E-state index in [0.29, 0.717) is 55.2 Å². The summed E-state index contributed by atoms with van der Waals surface area (Å²) >= 11 is 0. The van der Waals surface area contributed by atoms with Crippen molar-refractivity contribution in [1.82, 2.24) is 35.0 Å². The van der Waals surface area contributed by atoms with Gasteiger partial charge in [-0.2, -0.15) is 9.97 Å². The number of aromatic nitrogens is 3. The Morgan fingerprint density at radius 1 is 0.983 bits per heavy atom. The Kier molecular flexibility index (Phi) is 9.46. The van der Waals surface area contributed by atoms with Gasteiger partial charge in [-0.3, -0.25) is 4.90 Å². The Morgan fingerprint density at radius 2 is 1.83 bits per heavy atom. The third-order valence-corrected chi connectivity index (χ3v) is 14.4. The second kappa shape index (κ2) is 14.9. The molecule has 0 unspecified atom stereocenters. The number of piperazine rings is 1. The highest BCUT2D eigenvalue weighted by molar-refractivity contribution is 6.04. The van der Waals surface area contributed by atoms with Crippen LogP contribution in [0.5, 0.6) is 17.6 Å². The average Bonchev–Trinajstić information content (AvgIpc) is 3.91. The Hall–Kier alpha value is -4.91. The number of likely N-dealkylation sites (tertiary alicyclic amines) is 2. The molecule has 0 saturated carbocycles. The number of hydrogen-bond acceptors (Lipinski definition) is 11. The van der Waals surface area contributed by atoms with Gasteiger partial charge >= 0.3 is 12.1 Å². The molecule has 2 aromatic heterocycles. The Morgan fingerprint density at radius 3 is 2.67 bits per heavy atom. The summed E-state index contributed by atoms with van der Waals surface area (Å²) in [6.07, 6.45) is 13.9. The highest BCUT2D eigenvalue weighted by Crippen LogP contribution is 2.46. The first kappa shape index (κ1) is 38.0. The molecular formula is C45H49F3N8O4. The molecule has 6 saturated heterocycles. The van der Waals surface area contributed by atoms with Crippen molar-refractivity contribution in [3.63, 3.8) is 0 Å². The van der Waals surface area contributed by atoms with Crippen molar-refractivity contribution in [2.24, 2.45) is 0 Å². The first-order chi connectivity index (χ1) is 29.2. The number of terminal acetylenes is 1. The molecule has 11 rings (SSSR count). The van der Waals surface area contributed by atoms with E-state index in [-0.39, 0.29) is 76.7 Å². The number of anilines is 1. The maximum atomic E-state index is 17.7. The molecule has 0 radical (unpaired) electrons. The van der Waals surface area contributed by atoms with Crippen LogP contribution in [0.1, 0.15) is 69.8 Å². The zero-order valence-electron chi connectivity index (χ0n) is 33.6. The summed E-state index contributed by atoms with van der Waals surface area (Å²) in [5.74, 6) is 1.71. The maximum Gasteiger partial charge on any atom is 0.415 e. The van der Waals surface area contributed by atoms with Gasteiger partial charge in [0.25, 0.3) is 0 Å². The highest BCUT2D eigenvalue weighted by Gasteiger charge is 2.50. The molecule has 6 fully saturated rings. The molecule has 12 nitrogen and oxygen atoms in total. The normalized spacial score (nSPS) is 28.0. The SMILES string of the molecule is C#Cc1c(F)ccc2cc(OC(=O)N3CCC(N4CCCCC4)CC3)cc(-c3nc4c5c(nc(OC[C@@]67CCCN6C[C@H](F)C7)nc5c3F)N3C[C@H]5CC[C@H](N5)[C@H]3CO4)c12. The predicted octanol–water partition coefficient (Wildman–Crippen LogP) is 6.21. The largest absolute Gasteiger partial charge is 0.475 e. The summed E-state index contributed by atoms with van der Waals surface area (Å²) in [5, 5.41) is 4.68. The first-order valence-corrected chi connectivity index (χ1v) is 21.8. The molecule has 5 atom stereocenters. The van der Waals surface area contributed by atoms with Crippen molar-refractivity contribution in [2.45, 2.75) is 100 Å². The third-order valence-electron chi connectivity index (χ3n) is 14.4. The van der Waals surface area contributed by atoms with Crippen LogP contribution < -0.4 is 24.4 Å². The number of amides is 1. The van der Waals surface area contributed by atoms with Gasteiger partial charge in [0.2, 0.25) is 5.88 Å². The van der Waals surface area contributed by atoms with Gasteiger partial charge in [-0.15, -0.1) is 6.42 Å². The molecule has 15 heteroatoms. The molecule has 314 valence electrons. The van der Waals surface area contributed by atoms with E-state index in [9.17, 15) is 9.18 Å². The number of alkyl halides is 1. The molecule has 9 heterocycles. The first-order valence-electron chi connectivity index (χ1n) is 21.8. The van der Waals surface area contributed by atoms with Crippen LogP contribution in [0.2, 0.25) is 0 Å². The van der Waals surface area contributed by atoms with Crippen LogP contribution in [0.3, 0.4) is 0 Å². The smallest absolute Gasteiger partial charge is 0.415 e. The lowest BCUT2D eigenvalue weighted by Gasteiger charge is -2.40. The molecule has 4 aromatic rings. The van der Waals surface area contributed by atoms with Crippen molar-refractivity contribution in [2.75, 3.05) is 63.9 Å². The number of piperidine rings is 2. The van der Waals surface area contributed by atoms with Gasteiger partial charge < -0.3 is 34.2 Å². The summed E-state index contributed by atoms with van der Waals surface area (Å²) in [4.78, 5) is 36.8. The van der Waals surface area contributed by atoms with Crippen molar-refractivity contribution in [3.05, 3.63) is 41.5 Å². The van der Waals surface area contributed by atoms with Gasteiger partial charge in [0, 0.05) is 61.7 Å². The van der Waals surface area contributed by atoms with Crippen LogP contribution >= 0.6 is 0 Å². The minimum absolute atomic E-state index is 0.0264. The maximum absolute atomic E-state index is 17.7. The van der Waals surface area contributed by atoms with Crippen LogP contribution in [0.15, 0.2) is 24.3 Å². The summed E-state index contributed by atoms with van der Waals surface area (Å²) in [6.45, 7) is 5.51. The lowest BCUT2D eigenvalue weighted by atomic mass is 9.95. The van der Waals surface area contributed by atoms with E-state index in [4.69, 9.17) is 35.6 Å². The third kappa shape index (κ3) is 6.39. The summed E-state index contributed by atoms with van der Waals surface area (Å²) in [7, 11) is 0. The van der Waals surface area contributed by atoms with Crippen molar-refractivity contribution in [1.29, 1.82) is 0 Å². The van der Waals surface area contributed by atoms with Crippen LogP contribution in [-0.2, 0) is 0 Å². The number of carbonyl (C=O) groups is 1. The topological polar surface area (TPSA) is 108 Å². The quantitative estimate of drug-likeness (QED) is 0.225. The molecular weight excluding hydrogens is 774 g/mol. The Labute approximate surface area is 346 Å². The second-order valence-electron chi connectivity index (χ2n) is 17.9. The van der Waals surface area contributed by atoms with E-state index in [1.165, 1.54) is 37.5 Å². The van der Waals surface area contributed by atoms with E-state index >= 15 is 8.78 Å². The molecule has 1 amide bonds. The van der Waals surface area contributed by atoms with Crippen LogP contribution in [0.25, 0.3) is 32.9 Å². The summed E-state index contributed by atoms with van der Waals surface area (Å²) in [5.41, 5.74) is -0.715. The fraction of sp³-hybridized carbons (Fsp3) is 0.556. The highest BCUT2D eigenvalue weighted by atomic mass is 19.1. The second-order valence-corrected chi connectivity index (χ2v) is 17.9. The number of ether oxygens (including phenoxy) is 3. The average molecular weight is 823 g/mol. The predicted molar refractivity (Wildman–Crippen MR) is 219 cm³/mol. The lowest BCUT2D eigenvalue weighted by Crippen LogP contribution is -2.60. The summed E-state index contributed by atoms with van der Waals surface area (Å²) in [6, 6.07) is 6.52. The van der Waals surface area contributed by atoms with Crippen molar-refractivity contribution < 1.29 is 32.2 Å². The number of hydrogen-bond donors (Lipinski definition) is 1.